The standard InChI is InChI=1S/C21H19F3N6O.C16H18N6O.C16H15N5.3O2S/c1-4-12-8-13(16-28-19(31-29-16)20(5-6-20)21(22,23)24)10-25-15(12)18-27-14-7-11(2)9-26-17(14)30(18)3;1-4-10-6-11(14(17)21-23)8-18-13(10)16-20-12-5-9(2)7-19-15(12)22(16)3;1-4-12-6-11(7-17)9-18-14(12)16-20-13-5-10(2)8-19-15(13)21(16)3;3*1-3-2/h7-10H,4-6H2,1-3H3;5-8,23H,4H2,1-3H3,(H2,17,21);5-6,8-9H,4H2,1-3H3;;;. The first-order chi connectivity index (χ1) is 40.2. The van der Waals surface area contributed by atoms with Gasteiger partial charge in [0.15, 0.2) is 40.3 Å². The third kappa shape index (κ3) is 13.8. The second-order valence-electron chi connectivity index (χ2n) is 18.6. The van der Waals surface area contributed by atoms with E-state index in [1.54, 1.807) is 18.6 Å². The highest BCUT2D eigenvalue weighted by atomic mass is 32.1. The van der Waals surface area contributed by atoms with Gasteiger partial charge in [-0.3, -0.25) is 15.0 Å². The summed E-state index contributed by atoms with van der Waals surface area (Å²) in [6, 6.07) is 13.7. The predicted octanol–water partition coefficient (Wildman–Crippen LogP) is 7.30. The summed E-state index contributed by atoms with van der Waals surface area (Å²) in [6.07, 6.45) is 7.88. The van der Waals surface area contributed by atoms with Gasteiger partial charge in [0.1, 0.15) is 45.1 Å². The van der Waals surface area contributed by atoms with Gasteiger partial charge in [0.2, 0.25) is 11.7 Å². The molecule has 0 aliphatic heterocycles. The molecule has 0 bridgehead atoms. The summed E-state index contributed by atoms with van der Waals surface area (Å²) < 4.78 is 101. The van der Waals surface area contributed by atoms with E-state index in [1.165, 1.54) is 6.20 Å². The molecule has 25 nitrogen and oxygen atoms in total. The summed E-state index contributed by atoms with van der Waals surface area (Å²) in [6.45, 7) is 12.0. The van der Waals surface area contributed by atoms with E-state index in [0.717, 1.165) is 103 Å². The monoisotopic (exact) mass is 1210 g/mol. The van der Waals surface area contributed by atoms with Crippen molar-refractivity contribution >= 4 is 74.0 Å². The fourth-order valence-corrected chi connectivity index (χ4v) is 8.77. The Kier molecular flexibility index (Phi) is 21.2. The third-order valence-corrected chi connectivity index (χ3v) is 13.1. The second-order valence-corrected chi connectivity index (χ2v) is 19.0. The number of pyridine rings is 6. The molecule has 10 aromatic heterocycles. The molecule has 10 heterocycles. The number of fused-ring (bicyclic) bond motifs is 3. The van der Waals surface area contributed by atoms with Crippen molar-refractivity contribution in [1.82, 2.24) is 68.7 Å². The van der Waals surface area contributed by atoms with Crippen molar-refractivity contribution in [1.29, 1.82) is 5.26 Å². The molecule has 0 amide bonds. The Hall–Kier alpha value is -9.54. The molecule has 3 N–H and O–H groups in total. The van der Waals surface area contributed by atoms with Gasteiger partial charge in [-0.15, -0.1) is 0 Å². The Bertz CT molecular complexity index is 4200. The number of hydrogen-bond acceptors (Lipinski definition) is 21. The van der Waals surface area contributed by atoms with E-state index in [9.17, 15) is 13.2 Å². The molecule has 1 saturated carbocycles. The minimum atomic E-state index is -4.40. The van der Waals surface area contributed by atoms with E-state index < -0.39 is 46.3 Å². The molecule has 0 spiro atoms. The molecule has 0 radical (unpaired) electrons. The molecule has 31 heteroatoms. The average molecular weight is 1210 g/mol. The lowest BCUT2D eigenvalue weighted by Crippen LogP contribution is -2.28. The van der Waals surface area contributed by atoms with Crippen LogP contribution in [-0.2, 0) is 80.5 Å². The van der Waals surface area contributed by atoms with Crippen LogP contribution < -0.4 is 5.73 Å². The van der Waals surface area contributed by atoms with Gasteiger partial charge in [-0.05, 0) is 123 Å². The summed E-state index contributed by atoms with van der Waals surface area (Å²) in [5, 5.41) is 24.6. The Morgan fingerprint density at radius 3 is 1.40 bits per heavy atom. The van der Waals surface area contributed by atoms with Crippen molar-refractivity contribution in [3.05, 3.63) is 124 Å². The first-order valence-corrected chi connectivity index (χ1v) is 27.1. The van der Waals surface area contributed by atoms with Gasteiger partial charge < -0.3 is 29.2 Å². The number of imidazole rings is 3. The molecule has 0 unspecified atom stereocenters. The minimum absolute atomic E-state index is 0.0320. The maximum absolute atomic E-state index is 13.3. The SMILES string of the molecule is CCc1cc(-c2noc(C3(C(F)(F)F)CC3)n2)cnc1-c1nc2cc(C)cnc2n1C.CCc1cc(/C(N)=N/O)cnc1-c1nc2cc(C)cnc2n1C.CCc1cc(C#N)cnc1-c1nc2cc(C)cnc2n1C.O=S=O.O=S=O.O=S=O. The van der Waals surface area contributed by atoms with Gasteiger partial charge >= 0.3 is 40.9 Å². The predicted molar refractivity (Wildman–Crippen MR) is 302 cm³/mol. The van der Waals surface area contributed by atoms with Crippen LogP contribution in [0.4, 0.5) is 13.2 Å². The van der Waals surface area contributed by atoms with Crippen molar-refractivity contribution in [2.45, 2.75) is 85.2 Å². The molecule has 0 aromatic carbocycles. The van der Waals surface area contributed by atoms with Crippen molar-refractivity contribution in [3.8, 4) is 52.0 Å². The number of nitrogens with two attached hydrogens (primary N) is 1. The molecule has 11 rings (SSSR count). The number of aromatic nitrogens is 14. The number of hydrogen-bond donors (Lipinski definition) is 2. The maximum atomic E-state index is 13.3. The minimum Gasteiger partial charge on any atom is -0.409 e. The van der Waals surface area contributed by atoms with Crippen LogP contribution in [0.1, 0.15) is 84.0 Å². The van der Waals surface area contributed by atoms with Crippen LogP contribution in [0.2, 0.25) is 0 Å². The first kappa shape index (κ1) is 63.6. The third-order valence-electron chi connectivity index (χ3n) is 13.1. The van der Waals surface area contributed by atoms with E-state index in [4.69, 9.17) is 46.0 Å². The van der Waals surface area contributed by atoms with Crippen LogP contribution in [-0.4, -0.2) is 111 Å². The highest BCUT2D eigenvalue weighted by Gasteiger charge is 2.68. The van der Waals surface area contributed by atoms with Crippen LogP contribution in [0.15, 0.2) is 83.3 Å². The number of oxime groups is 1. The Morgan fingerprint density at radius 2 is 1.02 bits per heavy atom. The first-order valence-electron chi connectivity index (χ1n) is 25.1. The molecular formula is C53H52F3N17O8S3. The number of amidine groups is 1. The molecule has 84 heavy (non-hydrogen) atoms. The summed E-state index contributed by atoms with van der Waals surface area (Å²) in [5.41, 5.74) is 18.5. The molecule has 0 saturated heterocycles. The molecular weight excluding hydrogens is 1160 g/mol. The van der Waals surface area contributed by atoms with Crippen LogP contribution in [0, 0.1) is 32.1 Å². The van der Waals surface area contributed by atoms with Crippen molar-refractivity contribution in [3.63, 3.8) is 0 Å². The van der Waals surface area contributed by atoms with Crippen LogP contribution >= 0.6 is 0 Å². The van der Waals surface area contributed by atoms with Crippen LogP contribution in [0.5, 0.6) is 0 Å². The van der Waals surface area contributed by atoms with Gasteiger partial charge in [0, 0.05) is 69.5 Å². The number of nitrogens with zero attached hydrogens (tertiary/aromatic N) is 16. The lowest BCUT2D eigenvalue weighted by Gasteiger charge is -2.13. The lowest BCUT2D eigenvalue weighted by molar-refractivity contribution is -0.166. The van der Waals surface area contributed by atoms with Gasteiger partial charge in [-0.1, -0.05) is 31.1 Å². The number of aryl methyl sites for hydroxylation is 9. The number of halogens is 3. The molecule has 1 fully saturated rings. The molecule has 10 aromatic rings. The van der Waals surface area contributed by atoms with Crippen molar-refractivity contribution in [2.75, 3.05) is 0 Å². The zero-order valence-corrected chi connectivity index (χ0v) is 48.8. The highest BCUT2D eigenvalue weighted by molar-refractivity contribution is 7.52. The van der Waals surface area contributed by atoms with E-state index in [-0.39, 0.29) is 30.4 Å². The zero-order chi connectivity index (χ0) is 61.6. The lowest BCUT2D eigenvalue weighted by atomic mass is 10.1. The molecule has 1 aliphatic carbocycles. The zero-order valence-electron chi connectivity index (χ0n) is 46.4. The molecule has 0 atom stereocenters. The summed E-state index contributed by atoms with van der Waals surface area (Å²) >= 11 is -2.25. The normalized spacial score (nSPS) is 12.2. The fraction of sp³-hybridized carbons (Fsp3) is 0.302. The molecule has 1 aliphatic rings. The van der Waals surface area contributed by atoms with Gasteiger partial charge in [0.05, 0.1) is 5.56 Å². The van der Waals surface area contributed by atoms with E-state index >= 15 is 0 Å². The highest BCUT2D eigenvalue weighted by Crippen LogP contribution is 2.58. The number of alkyl halides is 3. The van der Waals surface area contributed by atoms with Gasteiger partial charge in [-0.2, -0.15) is 48.7 Å². The number of nitriles is 1. The largest absolute Gasteiger partial charge is 0.409 e. The smallest absolute Gasteiger partial charge is 0.403 e. The fourth-order valence-electron chi connectivity index (χ4n) is 8.77. The summed E-state index contributed by atoms with van der Waals surface area (Å²) in [5.74, 6) is 1.96. The van der Waals surface area contributed by atoms with Crippen LogP contribution in [0.25, 0.3) is 79.4 Å². The summed E-state index contributed by atoms with van der Waals surface area (Å²) in [4.78, 5) is 44.9. The van der Waals surface area contributed by atoms with Crippen molar-refractivity contribution in [2.24, 2.45) is 32.0 Å². The average Bonchev–Trinajstić information content (AvgIpc) is 2.26. The van der Waals surface area contributed by atoms with Gasteiger partial charge in [-0.25, -0.2) is 29.9 Å². The van der Waals surface area contributed by atoms with Crippen LogP contribution in [0.3, 0.4) is 0 Å². The topological polar surface area (TPSA) is 355 Å². The summed E-state index contributed by atoms with van der Waals surface area (Å²) in [7, 11) is 5.73. The van der Waals surface area contributed by atoms with E-state index in [0.29, 0.717) is 34.6 Å². The van der Waals surface area contributed by atoms with Crippen molar-refractivity contribution < 1.29 is 48.2 Å². The van der Waals surface area contributed by atoms with Gasteiger partial charge in [0.25, 0.3) is 0 Å². The Morgan fingerprint density at radius 1 is 0.631 bits per heavy atom. The second kappa shape index (κ2) is 28.0. The number of rotatable bonds is 9. The van der Waals surface area contributed by atoms with E-state index in [2.05, 4.69) is 66.2 Å². The molecule has 436 valence electrons. The maximum Gasteiger partial charge on any atom is 0.403 e. The Labute approximate surface area is 487 Å². The Balaban J connectivity index is 0.000000192. The van der Waals surface area contributed by atoms with E-state index in [1.807, 2.05) is 125 Å². The quantitative estimate of drug-likeness (QED) is 0.0619.